The van der Waals surface area contributed by atoms with E-state index in [0.29, 0.717) is 10.6 Å². The summed E-state index contributed by atoms with van der Waals surface area (Å²) in [6, 6.07) is 13.6. The van der Waals surface area contributed by atoms with Crippen LogP contribution in [0.25, 0.3) is 10.4 Å². The number of Topliss-reactive ketones (excluding diaryl/α,β-unsaturated/α-hetero) is 1. The molecule has 17 heteroatoms. The summed E-state index contributed by atoms with van der Waals surface area (Å²) in [5.74, 6) is -3.93. The van der Waals surface area contributed by atoms with Gasteiger partial charge in [-0.15, -0.1) is 0 Å². The Morgan fingerprint density at radius 1 is 0.980 bits per heavy atom. The number of halogens is 4. The Balaban J connectivity index is 1.76. The maximum Gasteiger partial charge on any atom is 0.468 e. The van der Waals surface area contributed by atoms with E-state index in [2.05, 4.69) is 15.0 Å². The molecule has 2 aromatic rings. The fourth-order valence-corrected chi connectivity index (χ4v) is 4.95. The van der Waals surface area contributed by atoms with E-state index in [1.165, 1.54) is 45.0 Å². The van der Waals surface area contributed by atoms with Crippen LogP contribution in [0.5, 0.6) is 0 Å². The summed E-state index contributed by atoms with van der Waals surface area (Å²) in [4.78, 5) is 44.6. The highest BCUT2D eigenvalue weighted by Crippen LogP contribution is 2.39. The van der Waals surface area contributed by atoms with Crippen LogP contribution in [0.15, 0.2) is 64.7 Å². The van der Waals surface area contributed by atoms with Crippen LogP contribution in [0.2, 0.25) is 5.02 Å². The third-order valence-corrected chi connectivity index (χ3v) is 7.78. The zero-order valence-electron chi connectivity index (χ0n) is 26.7. The number of fused-ring (bicyclic) bond motifs is 1. The molecule has 0 aliphatic carbocycles. The normalized spacial score (nSPS) is 24.2. The lowest BCUT2D eigenvalue weighted by atomic mass is 9.89. The molecule has 0 unspecified atom stereocenters. The minimum Gasteiger partial charge on any atom is -0.455 e. The molecule has 6 atom stereocenters. The first kappa shape index (κ1) is 37.6. The lowest BCUT2D eigenvalue weighted by Crippen LogP contribution is -2.65. The van der Waals surface area contributed by atoms with Gasteiger partial charge in [-0.3, -0.25) is 9.59 Å². The Bertz CT molecular complexity index is 1550. The number of benzene rings is 2. The molecule has 0 aromatic heterocycles. The average Bonchev–Trinajstić information content (AvgIpc) is 3.05. The maximum atomic E-state index is 14.4. The van der Waals surface area contributed by atoms with Crippen LogP contribution in [0.1, 0.15) is 51.9 Å². The molecule has 4 rings (SSSR count). The molecule has 13 nitrogen and oxygen atoms in total. The van der Waals surface area contributed by atoms with Gasteiger partial charge in [0.25, 0.3) is 5.90 Å². The minimum atomic E-state index is -5.15. The quantitative estimate of drug-likeness (QED) is 0.0581. The van der Waals surface area contributed by atoms with Crippen molar-refractivity contribution >= 4 is 40.9 Å². The highest BCUT2D eigenvalue weighted by molar-refractivity contribution is 6.30. The van der Waals surface area contributed by atoms with Gasteiger partial charge in [0.05, 0.1) is 24.1 Å². The molecular weight excluding hydrogens is 677 g/mol. The van der Waals surface area contributed by atoms with Crippen molar-refractivity contribution in [3.63, 3.8) is 0 Å². The van der Waals surface area contributed by atoms with E-state index in [1.54, 1.807) is 30.3 Å². The van der Waals surface area contributed by atoms with Gasteiger partial charge in [-0.1, -0.05) is 47.0 Å². The Labute approximate surface area is 284 Å². The first-order valence-electron chi connectivity index (χ1n) is 15.1. The lowest BCUT2D eigenvalue weighted by molar-refractivity contribution is -0.355. The standard InChI is InChI=1S/C32H34ClF3N4O9/c1-18(41)9-14-23(42)46-25-24-22(17-44-27(47-24)19-10-12-20(33)13-11-19)45-28(26(25)48-30(43)31(2,3)15-16-38-40-37)49-29(32(34,35)36)39-21-7-5-4-6-8-21/h4-8,10-13,22,24-28H,9,14-17H2,1-3H3/t22-,24-,25+,26-,27-,28+/m1/s1. The van der Waals surface area contributed by atoms with Gasteiger partial charge in [-0.2, -0.15) is 13.2 Å². The van der Waals surface area contributed by atoms with Crippen LogP contribution in [-0.2, 0) is 42.8 Å². The summed E-state index contributed by atoms with van der Waals surface area (Å²) in [6.07, 6.45) is -14.8. The first-order chi connectivity index (χ1) is 23.2. The lowest BCUT2D eigenvalue weighted by Gasteiger charge is -2.48. The van der Waals surface area contributed by atoms with Gasteiger partial charge in [-0.25, -0.2) is 4.99 Å². The van der Waals surface area contributed by atoms with Crippen LogP contribution >= 0.6 is 11.6 Å². The molecule has 0 radical (unpaired) electrons. The van der Waals surface area contributed by atoms with Gasteiger partial charge in [-0.05, 0) is 57.0 Å². The molecule has 0 N–H and O–H groups in total. The number of carbonyl (C=O) groups is 3. The van der Waals surface area contributed by atoms with Gasteiger partial charge in [0, 0.05) is 28.5 Å². The molecule has 2 aliphatic rings. The van der Waals surface area contributed by atoms with Crippen LogP contribution < -0.4 is 0 Å². The highest BCUT2D eigenvalue weighted by Gasteiger charge is 2.57. The number of carbonyl (C=O) groups excluding carboxylic acids is 3. The molecule has 2 saturated heterocycles. The number of nitrogens with zero attached hydrogens (tertiary/aromatic N) is 4. The molecule has 49 heavy (non-hydrogen) atoms. The van der Waals surface area contributed by atoms with Crippen molar-refractivity contribution in [2.75, 3.05) is 13.2 Å². The summed E-state index contributed by atoms with van der Waals surface area (Å²) in [5.41, 5.74) is 7.75. The van der Waals surface area contributed by atoms with E-state index in [1.807, 2.05) is 0 Å². The van der Waals surface area contributed by atoms with Crippen molar-refractivity contribution in [1.82, 2.24) is 0 Å². The molecule has 2 aromatic carbocycles. The second-order valence-electron chi connectivity index (χ2n) is 11.8. The summed E-state index contributed by atoms with van der Waals surface area (Å²) in [7, 11) is 0. The topological polar surface area (TPSA) is 168 Å². The zero-order valence-corrected chi connectivity index (χ0v) is 27.4. The third kappa shape index (κ3) is 10.4. The third-order valence-electron chi connectivity index (χ3n) is 7.53. The SMILES string of the molecule is CC(=O)CCC(=O)O[C@@H]1[C@@H](OC(=O)C(C)(C)CCN=[N+]=[N-])[C@H](OC(=Nc2ccccc2)C(F)(F)F)O[C@@H]2CO[C@@H](c3ccc(Cl)cc3)O[C@@H]12. The number of para-hydroxylation sites is 1. The Kier molecular flexibility index (Phi) is 12.6. The zero-order chi connectivity index (χ0) is 35.8. The number of ether oxygens (including phenoxy) is 6. The second kappa shape index (κ2) is 16.5. The molecular formula is C32H34ClF3N4O9. The summed E-state index contributed by atoms with van der Waals surface area (Å²) < 4.78 is 77.9. The van der Waals surface area contributed by atoms with E-state index in [-0.39, 0.29) is 43.9 Å². The van der Waals surface area contributed by atoms with Crippen molar-refractivity contribution in [1.29, 1.82) is 0 Å². The molecule has 0 bridgehead atoms. The van der Waals surface area contributed by atoms with Gasteiger partial charge in [0.1, 0.15) is 18.0 Å². The predicted octanol–water partition coefficient (Wildman–Crippen LogP) is 6.71. The number of azide groups is 1. The number of alkyl halides is 3. The number of aliphatic imine (C=N–C) groups is 1. The minimum absolute atomic E-state index is 0.00361. The molecule has 0 amide bonds. The van der Waals surface area contributed by atoms with Gasteiger partial charge < -0.3 is 33.2 Å². The van der Waals surface area contributed by atoms with E-state index in [4.69, 9.17) is 45.6 Å². The van der Waals surface area contributed by atoms with Gasteiger partial charge >= 0.3 is 18.1 Å². The summed E-state index contributed by atoms with van der Waals surface area (Å²) >= 11 is 6.02. The Morgan fingerprint density at radius 3 is 2.31 bits per heavy atom. The molecule has 264 valence electrons. The summed E-state index contributed by atoms with van der Waals surface area (Å²) in [5, 5.41) is 3.87. The number of esters is 2. The molecule has 2 aliphatic heterocycles. The maximum absolute atomic E-state index is 14.4. The largest absolute Gasteiger partial charge is 0.468 e. The first-order valence-corrected chi connectivity index (χ1v) is 15.5. The van der Waals surface area contributed by atoms with E-state index < -0.39 is 66.4 Å². The Hall–Kier alpha value is -4.21. The van der Waals surface area contributed by atoms with Crippen molar-refractivity contribution in [2.24, 2.45) is 15.5 Å². The number of hydrogen-bond acceptors (Lipinski definition) is 11. The molecule has 2 fully saturated rings. The van der Waals surface area contributed by atoms with Crippen LogP contribution in [0.3, 0.4) is 0 Å². The van der Waals surface area contributed by atoms with Crippen molar-refractivity contribution < 1.29 is 56.0 Å². The smallest absolute Gasteiger partial charge is 0.455 e. The number of hydrogen-bond donors (Lipinski definition) is 0. The van der Waals surface area contributed by atoms with Crippen LogP contribution in [0, 0.1) is 5.41 Å². The van der Waals surface area contributed by atoms with E-state index in [9.17, 15) is 27.6 Å². The highest BCUT2D eigenvalue weighted by atomic mass is 35.5. The van der Waals surface area contributed by atoms with Crippen LogP contribution in [0.4, 0.5) is 18.9 Å². The number of ketones is 1. The predicted molar refractivity (Wildman–Crippen MR) is 166 cm³/mol. The molecule has 0 saturated carbocycles. The molecule has 0 spiro atoms. The summed E-state index contributed by atoms with van der Waals surface area (Å²) in [6.45, 7) is 3.84. The van der Waals surface area contributed by atoms with Crippen molar-refractivity contribution in [3.05, 3.63) is 75.6 Å². The second-order valence-corrected chi connectivity index (χ2v) is 12.3. The van der Waals surface area contributed by atoms with Gasteiger partial charge in [0.15, 0.2) is 12.4 Å². The van der Waals surface area contributed by atoms with Gasteiger partial charge in [0.2, 0.25) is 12.4 Å². The fraction of sp³-hybridized carbons (Fsp3) is 0.500. The van der Waals surface area contributed by atoms with Crippen molar-refractivity contribution in [2.45, 2.75) is 83.2 Å². The van der Waals surface area contributed by atoms with E-state index in [0.717, 1.165) is 0 Å². The average molecular weight is 711 g/mol. The Morgan fingerprint density at radius 2 is 1.67 bits per heavy atom. The van der Waals surface area contributed by atoms with Crippen molar-refractivity contribution in [3.8, 4) is 0 Å². The van der Waals surface area contributed by atoms with E-state index >= 15 is 0 Å². The monoisotopic (exact) mass is 710 g/mol. The fourth-order valence-electron chi connectivity index (χ4n) is 4.82. The van der Waals surface area contributed by atoms with Crippen LogP contribution in [-0.4, -0.2) is 73.7 Å². The molecule has 2 heterocycles. The number of rotatable bonds is 12.